The zero-order chi connectivity index (χ0) is 20.4. The highest BCUT2D eigenvalue weighted by molar-refractivity contribution is 14.1. The van der Waals surface area contributed by atoms with Gasteiger partial charge in [0.2, 0.25) is 0 Å². The number of rotatable bonds is 4. The quantitative estimate of drug-likeness (QED) is 0.292. The lowest BCUT2D eigenvalue weighted by atomic mass is 10.2. The molecule has 0 N–H and O–H groups in total. The number of hydrogen-bond acceptors (Lipinski definition) is 3. The first kappa shape index (κ1) is 19.8. The molecule has 0 aliphatic heterocycles. The summed E-state index contributed by atoms with van der Waals surface area (Å²) in [5.74, 6) is 1.23. The Bertz CT molecular complexity index is 1300. The predicted octanol–water partition coefficient (Wildman–Crippen LogP) is 5.93. The first-order valence-electron chi connectivity index (χ1n) is 8.85. The molecule has 4 rings (SSSR count). The summed E-state index contributed by atoms with van der Waals surface area (Å²) in [5.41, 5.74) is 2.27. The van der Waals surface area contributed by atoms with Crippen molar-refractivity contribution in [3.63, 3.8) is 0 Å². The van der Waals surface area contributed by atoms with E-state index < -0.39 is 0 Å². The maximum Gasteiger partial charge on any atom is 0.266 e. The Morgan fingerprint density at radius 3 is 2.66 bits per heavy atom. The standard InChI is InChI=1S/C23H16BrIN2O2/c1-29-19-7-3-6-18(14-19)27-22(11-8-15-4-2-5-16(24)12-15)26-21-10-9-17(25)13-20(21)23(27)28/h2-14H,1H3/b11-8+. The molecule has 1 aromatic heterocycles. The third kappa shape index (κ3) is 4.28. The van der Waals surface area contributed by atoms with E-state index in [1.165, 1.54) is 0 Å². The van der Waals surface area contributed by atoms with Gasteiger partial charge in [-0.25, -0.2) is 4.98 Å². The molecule has 4 nitrogen and oxygen atoms in total. The summed E-state index contributed by atoms with van der Waals surface area (Å²) >= 11 is 5.69. The van der Waals surface area contributed by atoms with Gasteiger partial charge in [0.15, 0.2) is 0 Å². The van der Waals surface area contributed by atoms with Crippen molar-refractivity contribution in [1.82, 2.24) is 9.55 Å². The fourth-order valence-corrected chi connectivity index (χ4v) is 3.98. The Kier molecular flexibility index (Phi) is 5.82. The Balaban J connectivity index is 1.96. The molecule has 0 amide bonds. The maximum atomic E-state index is 13.4. The zero-order valence-electron chi connectivity index (χ0n) is 15.5. The van der Waals surface area contributed by atoms with E-state index in [0.717, 1.165) is 13.6 Å². The van der Waals surface area contributed by atoms with Gasteiger partial charge in [-0.2, -0.15) is 0 Å². The van der Waals surface area contributed by atoms with Crippen molar-refractivity contribution in [1.29, 1.82) is 0 Å². The van der Waals surface area contributed by atoms with Crippen LogP contribution >= 0.6 is 38.5 Å². The lowest BCUT2D eigenvalue weighted by molar-refractivity contribution is 0.414. The number of fused-ring (bicyclic) bond motifs is 1. The average Bonchev–Trinajstić information content (AvgIpc) is 2.73. The summed E-state index contributed by atoms with van der Waals surface area (Å²) in [5, 5.41) is 0.583. The summed E-state index contributed by atoms with van der Waals surface area (Å²) in [4.78, 5) is 18.2. The smallest absolute Gasteiger partial charge is 0.266 e. The molecular formula is C23H16BrIN2O2. The van der Waals surface area contributed by atoms with Crippen molar-refractivity contribution < 1.29 is 4.74 Å². The minimum Gasteiger partial charge on any atom is -0.497 e. The van der Waals surface area contributed by atoms with Crippen molar-refractivity contribution in [2.24, 2.45) is 0 Å². The summed E-state index contributed by atoms with van der Waals surface area (Å²) in [6.45, 7) is 0. The van der Waals surface area contributed by atoms with Crippen LogP contribution in [-0.4, -0.2) is 16.7 Å². The number of methoxy groups -OCH3 is 1. The summed E-state index contributed by atoms with van der Waals surface area (Å²) in [6, 6.07) is 21.1. The van der Waals surface area contributed by atoms with Crippen LogP contribution < -0.4 is 10.3 Å². The van der Waals surface area contributed by atoms with Crippen LogP contribution in [0.4, 0.5) is 0 Å². The molecule has 0 radical (unpaired) electrons. The third-order valence-corrected chi connectivity index (χ3v) is 5.61. The first-order chi connectivity index (χ1) is 14.0. The van der Waals surface area contributed by atoms with E-state index in [4.69, 9.17) is 9.72 Å². The normalized spacial score (nSPS) is 11.3. The molecule has 0 aliphatic carbocycles. The van der Waals surface area contributed by atoms with Gasteiger partial charge in [-0.15, -0.1) is 0 Å². The van der Waals surface area contributed by atoms with Gasteiger partial charge < -0.3 is 4.74 Å². The van der Waals surface area contributed by atoms with E-state index in [1.807, 2.05) is 78.9 Å². The largest absolute Gasteiger partial charge is 0.497 e. The molecule has 0 saturated heterocycles. The molecule has 0 atom stereocenters. The van der Waals surface area contributed by atoms with Gasteiger partial charge in [0.25, 0.3) is 5.56 Å². The van der Waals surface area contributed by atoms with Gasteiger partial charge in [0.05, 0.1) is 23.7 Å². The second kappa shape index (κ2) is 8.51. The van der Waals surface area contributed by atoms with E-state index in [9.17, 15) is 4.79 Å². The zero-order valence-corrected chi connectivity index (χ0v) is 19.2. The highest BCUT2D eigenvalue weighted by atomic mass is 127. The molecule has 29 heavy (non-hydrogen) atoms. The fraction of sp³-hybridized carbons (Fsp3) is 0.0435. The molecule has 0 aliphatic rings. The van der Waals surface area contributed by atoms with Gasteiger partial charge in [-0.3, -0.25) is 9.36 Å². The second-order valence-corrected chi connectivity index (χ2v) is 8.52. The highest BCUT2D eigenvalue weighted by Crippen LogP contribution is 2.21. The first-order valence-corrected chi connectivity index (χ1v) is 10.7. The van der Waals surface area contributed by atoms with Crippen LogP contribution in [0.1, 0.15) is 11.4 Å². The van der Waals surface area contributed by atoms with Crippen LogP contribution in [0.3, 0.4) is 0 Å². The van der Waals surface area contributed by atoms with Crippen LogP contribution in [0.5, 0.6) is 5.75 Å². The van der Waals surface area contributed by atoms with Crippen LogP contribution in [0, 0.1) is 3.57 Å². The number of nitrogens with zero attached hydrogens (tertiary/aromatic N) is 2. The van der Waals surface area contributed by atoms with Gasteiger partial charge in [0.1, 0.15) is 11.6 Å². The van der Waals surface area contributed by atoms with Crippen LogP contribution in [0.25, 0.3) is 28.7 Å². The number of halogens is 2. The maximum absolute atomic E-state index is 13.4. The predicted molar refractivity (Wildman–Crippen MR) is 130 cm³/mol. The van der Waals surface area contributed by atoms with E-state index in [0.29, 0.717) is 28.2 Å². The van der Waals surface area contributed by atoms with E-state index in [1.54, 1.807) is 11.7 Å². The minimum absolute atomic E-state index is 0.115. The van der Waals surface area contributed by atoms with Crippen LogP contribution in [-0.2, 0) is 0 Å². The molecule has 0 unspecified atom stereocenters. The van der Waals surface area contributed by atoms with Gasteiger partial charge in [-0.05, 0) is 76.7 Å². The average molecular weight is 559 g/mol. The molecular weight excluding hydrogens is 543 g/mol. The summed E-state index contributed by atoms with van der Waals surface area (Å²) in [7, 11) is 1.61. The Hall–Kier alpha value is -2.45. The molecule has 144 valence electrons. The topological polar surface area (TPSA) is 44.1 Å². The van der Waals surface area contributed by atoms with Crippen LogP contribution in [0.15, 0.2) is 76.0 Å². The molecule has 3 aromatic carbocycles. The minimum atomic E-state index is -0.115. The second-order valence-electron chi connectivity index (χ2n) is 6.36. The molecule has 1 heterocycles. The summed E-state index contributed by atoms with van der Waals surface area (Å²) < 4.78 is 8.95. The van der Waals surface area contributed by atoms with Crippen molar-refractivity contribution in [3.8, 4) is 11.4 Å². The number of ether oxygens (including phenoxy) is 1. The van der Waals surface area contributed by atoms with E-state index in [2.05, 4.69) is 38.5 Å². The number of aromatic nitrogens is 2. The lowest BCUT2D eigenvalue weighted by Crippen LogP contribution is -2.22. The SMILES string of the molecule is COc1cccc(-n2c(/C=C/c3cccc(Br)c3)nc3ccc(I)cc3c2=O)c1. The monoisotopic (exact) mass is 558 g/mol. The van der Waals surface area contributed by atoms with E-state index >= 15 is 0 Å². The molecule has 4 aromatic rings. The van der Waals surface area contributed by atoms with Crippen LogP contribution in [0.2, 0.25) is 0 Å². The van der Waals surface area contributed by atoms with E-state index in [-0.39, 0.29) is 5.56 Å². The van der Waals surface area contributed by atoms with Gasteiger partial charge in [0, 0.05) is 14.1 Å². The van der Waals surface area contributed by atoms with Crippen molar-refractivity contribution >= 4 is 61.6 Å². The lowest BCUT2D eigenvalue weighted by Gasteiger charge is -2.12. The number of hydrogen-bond donors (Lipinski definition) is 0. The summed E-state index contributed by atoms with van der Waals surface area (Å²) in [6.07, 6.45) is 3.81. The van der Waals surface area contributed by atoms with Gasteiger partial charge >= 0.3 is 0 Å². The van der Waals surface area contributed by atoms with Gasteiger partial charge in [-0.1, -0.05) is 40.2 Å². The fourth-order valence-electron chi connectivity index (χ4n) is 3.07. The molecule has 0 bridgehead atoms. The molecule has 0 saturated carbocycles. The molecule has 0 spiro atoms. The van der Waals surface area contributed by atoms with Crippen molar-refractivity contribution in [2.75, 3.05) is 7.11 Å². The Morgan fingerprint density at radius 1 is 1.03 bits per heavy atom. The number of benzene rings is 3. The third-order valence-electron chi connectivity index (χ3n) is 4.44. The highest BCUT2D eigenvalue weighted by Gasteiger charge is 2.12. The van der Waals surface area contributed by atoms with Crippen molar-refractivity contribution in [3.05, 3.63) is 96.5 Å². The Morgan fingerprint density at radius 2 is 1.86 bits per heavy atom. The molecule has 0 fully saturated rings. The van der Waals surface area contributed by atoms with Crippen molar-refractivity contribution in [2.45, 2.75) is 0 Å². The Labute approximate surface area is 190 Å². The molecule has 6 heteroatoms.